The third kappa shape index (κ3) is 3.08. The van der Waals surface area contributed by atoms with Gasteiger partial charge >= 0.3 is 0 Å². The van der Waals surface area contributed by atoms with Gasteiger partial charge in [-0.3, -0.25) is 4.79 Å². The molecular weight excluding hydrogens is 291 g/mol. The summed E-state index contributed by atoms with van der Waals surface area (Å²) in [5.74, 6) is 0.458. The van der Waals surface area contributed by atoms with E-state index in [1.54, 1.807) is 24.3 Å². The fourth-order valence-electron chi connectivity index (χ4n) is 2.51. The molecule has 0 N–H and O–H groups in total. The van der Waals surface area contributed by atoms with Gasteiger partial charge in [-0.25, -0.2) is 4.39 Å². The lowest BCUT2D eigenvalue weighted by molar-refractivity contribution is 0.0972. The lowest BCUT2D eigenvalue weighted by atomic mass is 9.90. The van der Waals surface area contributed by atoms with E-state index in [2.05, 4.69) is 0 Å². The number of ketones is 1. The Hall–Kier alpha value is -1.87. The molecule has 0 spiro atoms. The third-order valence-corrected chi connectivity index (χ3v) is 3.87. The van der Waals surface area contributed by atoms with Crippen LogP contribution in [0, 0.1) is 5.82 Å². The molecule has 0 radical (unpaired) electrons. The van der Waals surface area contributed by atoms with E-state index in [9.17, 15) is 9.18 Å². The molecule has 1 aliphatic rings. The average molecular weight is 305 g/mol. The second-order valence-corrected chi connectivity index (χ2v) is 5.56. The van der Waals surface area contributed by atoms with Crippen LogP contribution in [-0.2, 0) is 13.0 Å². The number of hydrogen-bond acceptors (Lipinski definition) is 2. The molecular formula is C17H14ClFO2. The SMILES string of the molecule is O=C1CCCc2cc(OCc3ccc(Cl)cc3F)ccc21. The number of benzene rings is 2. The summed E-state index contributed by atoms with van der Waals surface area (Å²) in [6, 6.07) is 9.95. The summed E-state index contributed by atoms with van der Waals surface area (Å²) >= 11 is 5.71. The highest BCUT2D eigenvalue weighted by molar-refractivity contribution is 6.30. The monoisotopic (exact) mass is 304 g/mol. The minimum absolute atomic E-state index is 0.135. The number of carbonyl (C=O) groups excluding carboxylic acids is 1. The molecule has 0 fully saturated rings. The van der Waals surface area contributed by atoms with Crippen LogP contribution in [0.4, 0.5) is 4.39 Å². The Morgan fingerprint density at radius 3 is 2.81 bits per heavy atom. The van der Waals surface area contributed by atoms with Crippen molar-refractivity contribution in [3.63, 3.8) is 0 Å². The minimum Gasteiger partial charge on any atom is -0.489 e. The van der Waals surface area contributed by atoms with Gasteiger partial charge in [-0.05, 0) is 48.7 Å². The summed E-state index contributed by atoms with van der Waals surface area (Å²) in [6.45, 7) is 0.135. The molecule has 0 aliphatic heterocycles. The summed E-state index contributed by atoms with van der Waals surface area (Å²) in [5.41, 5.74) is 2.25. The quantitative estimate of drug-likeness (QED) is 0.830. The first kappa shape index (κ1) is 14.1. The van der Waals surface area contributed by atoms with Gasteiger partial charge < -0.3 is 4.74 Å². The van der Waals surface area contributed by atoms with Crippen molar-refractivity contribution >= 4 is 17.4 Å². The molecule has 21 heavy (non-hydrogen) atoms. The van der Waals surface area contributed by atoms with Crippen LogP contribution in [0.3, 0.4) is 0 Å². The van der Waals surface area contributed by atoms with Gasteiger partial charge in [-0.15, -0.1) is 0 Å². The van der Waals surface area contributed by atoms with Crippen LogP contribution < -0.4 is 4.74 Å². The van der Waals surface area contributed by atoms with Crippen molar-refractivity contribution in [2.45, 2.75) is 25.9 Å². The first-order chi connectivity index (χ1) is 10.1. The second-order valence-electron chi connectivity index (χ2n) is 5.12. The first-order valence-electron chi connectivity index (χ1n) is 6.86. The van der Waals surface area contributed by atoms with Crippen molar-refractivity contribution in [3.05, 3.63) is 63.9 Å². The Morgan fingerprint density at radius 2 is 2.00 bits per heavy atom. The summed E-state index contributed by atoms with van der Waals surface area (Å²) in [6.07, 6.45) is 2.37. The van der Waals surface area contributed by atoms with E-state index >= 15 is 0 Å². The molecule has 0 saturated heterocycles. The molecule has 2 nitrogen and oxygen atoms in total. The largest absolute Gasteiger partial charge is 0.489 e. The lowest BCUT2D eigenvalue weighted by Crippen LogP contribution is -2.10. The van der Waals surface area contributed by atoms with E-state index in [0.29, 0.717) is 22.8 Å². The zero-order valence-electron chi connectivity index (χ0n) is 11.4. The highest BCUT2D eigenvalue weighted by Crippen LogP contribution is 2.26. The van der Waals surface area contributed by atoms with Crippen LogP contribution in [0.25, 0.3) is 0 Å². The summed E-state index contributed by atoms with van der Waals surface area (Å²) in [5, 5.41) is 0.364. The molecule has 3 rings (SSSR count). The Kier molecular flexibility index (Phi) is 3.93. The minimum atomic E-state index is -0.379. The molecule has 0 atom stereocenters. The van der Waals surface area contributed by atoms with Gasteiger partial charge in [0.1, 0.15) is 18.2 Å². The number of Topliss-reactive ketones (excluding diaryl/α,β-unsaturated/α-hetero) is 1. The highest BCUT2D eigenvalue weighted by atomic mass is 35.5. The summed E-state index contributed by atoms with van der Waals surface area (Å²) in [4.78, 5) is 11.7. The molecule has 0 unspecified atom stereocenters. The Labute approximate surface area is 127 Å². The standard InChI is InChI=1S/C17H14ClFO2/c18-13-5-4-12(16(19)9-13)10-21-14-6-7-15-11(8-14)2-1-3-17(15)20/h4-9H,1-3,10H2. The molecule has 0 heterocycles. The van der Waals surface area contributed by atoms with E-state index in [-0.39, 0.29) is 18.2 Å². The average Bonchev–Trinajstić information content (AvgIpc) is 2.46. The Balaban J connectivity index is 1.75. The predicted octanol–water partition coefficient (Wildman–Crippen LogP) is 4.58. The van der Waals surface area contributed by atoms with Crippen LogP contribution in [0.2, 0.25) is 5.02 Å². The predicted molar refractivity (Wildman–Crippen MR) is 79.5 cm³/mol. The van der Waals surface area contributed by atoms with E-state index in [1.165, 1.54) is 6.07 Å². The maximum Gasteiger partial charge on any atom is 0.163 e. The number of ether oxygens (including phenoxy) is 1. The molecule has 0 amide bonds. The van der Waals surface area contributed by atoms with Gasteiger partial charge in [-0.1, -0.05) is 17.7 Å². The number of halogens is 2. The van der Waals surface area contributed by atoms with Gasteiger partial charge in [0, 0.05) is 22.6 Å². The third-order valence-electron chi connectivity index (χ3n) is 3.64. The number of hydrogen-bond donors (Lipinski definition) is 0. The van der Waals surface area contributed by atoms with Crippen LogP contribution >= 0.6 is 11.6 Å². The van der Waals surface area contributed by atoms with Crippen molar-refractivity contribution < 1.29 is 13.9 Å². The summed E-state index contributed by atoms with van der Waals surface area (Å²) in [7, 11) is 0. The van der Waals surface area contributed by atoms with E-state index in [1.807, 2.05) is 6.07 Å². The van der Waals surface area contributed by atoms with Crippen molar-refractivity contribution in [1.29, 1.82) is 0 Å². The molecule has 108 valence electrons. The molecule has 0 saturated carbocycles. The number of aryl methyl sites for hydroxylation is 1. The molecule has 4 heteroatoms. The molecule has 0 aromatic heterocycles. The van der Waals surface area contributed by atoms with Crippen molar-refractivity contribution in [3.8, 4) is 5.75 Å². The topological polar surface area (TPSA) is 26.3 Å². The fourth-order valence-corrected chi connectivity index (χ4v) is 2.67. The van der Waals surface area contributed by atoms with Crippen molar-refractivity contribution in [2.24, 2.45) is 0 Å². The van der Waals surface area contributed by atoms with Gasteiger partial charge in [-0.2, -0.15) is 0 Å². The maximum absolute atomic E-state index is 13.7. The smallest absolute Gasteiger partial charge is 0.163 e. The van der Waals surface area contributed by atoms with E-state index in [4.69, 9.17) is 16.3 Å². The first-order valence-corrected chi connectivity index (χ1v) is 7.24. The van der Waals surface area contributed by atoms with Crippen LogP contribution in [0.1, 0.15) is 34.3 Å². The second kappa shape index (κ2) is 5.86. The van der Waals surface area contributed by atoms with Crippen LogP contribution in [0.15, 0.2) is 36.4 Å². The van der Waals surface area contributed by atoms with E-state index < -0.39 is 0 Å². The van der Waals surface area contributed by atoms with Gasteiger partial charge in [0.2, 0.25) is 0 Å². The highest BCUT2D eigenvalue weighted by Gasteiger charge is 2.17. The molecule has 2 aromatic rings. The van der Waals surface area contributed by atoms with Crippen LogP contribution in [-0.4, -0.2) is 5.78 Å². The Morgan fingerprint density at radius 1 is 1.14 bits per heavy atom. The number of fused-ring (bicyclic) bond motifs is 1. The van der Waals surface area contributed by atoms with Gasteiger partial charge in [0.15, 0.2) is 5.78 Å². The van der Waals surface area contributed by atoms with Crippen LogP contribution in [0.5, 0.6) is 5.75 Å². The van der Waals surface area contributed by atoms with E-state index in [0.717, 1.165) is 24.0 Å². The maximum atomic E-state index is 13.7. The molecule has 2 aromatic carbocycles. The summed E-state index contributed by atoms with van der Waals surface area (Å²) < 4.78 is 19.3. The number of rotatable bonds is 3. The fraction of sp³-hybridized carbons (Fsp3) is 0.235. The zero-order chi connectivity index (χ0) is 14.8. The van der Waals surface area contributed by atoms with Gasteiger partial charge in [0.25, 0.3) is 0 Å². The zero-order valence-corrected chi connectivity index (χ0v) is 12.1. The van der Waals surface area contributed by atoms with Crippen molar-refractivity contribution in [1.82, 2.24) is 0 Å². The normalized spacial score (nSPS) is 13.9. The molecule has 0 bridgehead atoms. The molecule has 1 aliphatic carbocycles. The Bertz CT molecular complexity index is 697. The van der Waals surface area contributed by atoms with Crippen molar-refractivity contribution in [2.75, 3.05) is 0 Å². The lowest BCUT2D eigenvalue weighted by Gasteiger charge is -2.16. The number of carbonyl (C=O) groups is 1. The van der Waals surface area contributed by atoms with Gasteiger partial charge in [0.05, 0.1) is 0 Å².